The van der Waals surface area contributed by atoms with Crippen molar-refractivity contribution in [1.29, 1.82) is 0 Å². The van der Waals surface area contributed by atoms with Crippen LogP contribution >= 0.6 is 0 Å². The van der Waals surface area contributed by atoms with Gasteiger partial charge in [0.15, 0.2) is 0 Å². The van der Waals surface area contributed by atoms with E-state index in [0.29, 0.717) is 12.3 Å². The number of aromatic nitrogens is 1. The molecule has 3 rings (SSSR count). The number of hydrogen-bond acceptors (Lipinski definition) is 3. The Morgan fingerprint density at radius 2 is 1.77 bits per heavy atom. The van der Waals surface area contributed by atoms with Crippen LogP contribution in [0, 0.1) is 0 Å². The number of para-hydroxylation sites is 1. The van der Waals surface area contributed by atoms with Gasteiger partial charge < -0.3 is 19.5 Å². The smallest absolute Gasteiger partial charge is 0.119 e. The lowest BCUT2D eigenvalue weighted by Crippen LogP contribution is -2.23. The first-order valence-electron chi connectivity index (χ1n) is 7.31. The first kappa shape index (κ1) is 14.6. The Morgan fingerprint density at radius 3 is 2.55 bits per heavy atom. The molecule has 0 radical (unpaired) electrons. The number of nitrogens with zero attached hydrogens (tertiary/aromatic N) is 1. The molecule has 0 saturated carbocycles. The number of benzene rings is 2. The van der Waals surface area contributed by atoms with Gasteiger partial charge in [0.1, 0.15) is 18.5 Å². The van der Waals surface area contributed by atoms with Gasteiger partial charge in [-0.05, 0) is 35.2 Å². The van der Waals surface area contributed by atoms with Crippen molar-refractivity contribution in [2.75, 3.05) is 6.61 Å². The van der Waals surface area contributed by atoms with E-state index in [0.717, 1.165) is 16.5 Å². The lowest BCUT2D eigenvalue weighted by Gasteiger charge is -2.14. The number of rotatable bonds is 6. The molecule has 1 atom stereocenters. The van der Waals surface area contributed by atoms with E-state index in [2.05, 4.69) is 6.07 Å². The fraction of sp³-hybridized carbons (Fsp3) is 0.222. The summed E-state index contributed by atoms with van der Waals surface area (Å²) in [5.41, 5.74) is 1.94. The van der Waals surface area contributed by atoms with Crippen molar-refractivity contribution >= 4 is 10.9 Å². The molecule has 0 fully saturated rings. The highest BCUT2D eigenvalue weighted by molar-refractivity contribution is 5.79. The van der Waals surface area contributed by atoms with Crippen LogP contribution in [0.4, 0.5) is 0 Å². The summed E-state index contributed by atoms with van der Waals surface area (Å²) in [6.07, 6.45) is 1.39. The van der Waals surface area contributed by atoms with Crippen LogP contribution in [-0.2, 0) is 13.2 Å². The number of aliphatic hydroxyl groups is 2. The lowest BCUT2D eigenvalue weighted by atomic mass is 10.2. The van der Waals surface area contributed by atoms with E-state index in [-0.39, 0.29) is 13.2 Å². The van der Waals surface area contributed by atoms with Crippen molar-refractivity contribution in [3.05, 3.63) is 66.4 Å². The number of hydrogen-bond donors (Lipinski definition) is 2. The molecule has 2 aromatic carbocycles. The van der Waals surface area contributed by atoms with Crippen molar-refractivity contribution in [3.63, 3.8) is 0 Å². The topological polar surface area (TPSA) is 54.6 Å². The minimum absolute atomic E-state index is 0.0175. The molecular weight excluding hydrogens is 278 g/mol. The van der Waals surface area contributed by atoms with E-state index >= 15 is 0 Å². The van der Waals surface area contributed by atoms with E-state index in [4.69, 9.17) is 9.84 Å². The number of fused-ring (bicyclic) bond motifs is 1. The largest absolute Gasteiger partial charge is 0.491 e. The monoisotopic (exact) mass is 297 g/mol. The maximum Gasteiger partial charge on any atom is 0.119 e. The summed E-state index contributed by atoms with van der Waals surface area (Å²) >= 11 is 0. The highest BCUT2D eigenvalue weighted by atomic mass is 16.5. The van der Waals surface area contributed by atoms with Gasteiger partial charge in [-0.25, -0.2) is 0 Å². The predicted octanol–water partition coefficient (Wildman–Crippen LogP) is 2.57. The van der Waals surface area contributed by atoms with Gasteiger partial charge in [0, 0.05) is 11.7 Å². The molecule has 0 aliphatic heterocycles. The molecule has 2 N–H and O–H groups in total. The summed E-state index contributed by atoms with van der Waals surface area (Å²) in [4.78, 5) is 0. The molecule has 0 bridgehead atoms. The van der Waals surface area contributed by atoms with Gasteiger partial charge in [0.2, 0.25) is 0 Å². The maximum atomic E-state index is 10.2. The van der Waals surface area contributed by atoms with E-state index in [1.54, 1.807) is 24.3 Å². The van der Waals surface area contributed by atoms with Crippen molar-refractivity contribution in [3.8, 4) is 5.75 Å². The molecular formula is C18H19NO3. The Bertz CT molecular complexity index is 733. The van der Waals surface area contributed by atoms with E-state index < -0.39 is 6.10 Å². The number of ether oxygens (including phenoxy) is 1. The Hall–Kier alpha value is -2.30. The molecule has 0 aliphatic rings. The summed E-state index contributed by atoms with van der Waals surface area (Å²) in [6, 6.07) is 17.3. The van der Waals surface area contributed by atoms with E-state index in [1.165, 1.54) is 0 Å². The molecule has 1 aromatic heterocycles. The first-order valence-corrected chi connectivity index (χ1v) is 7.31. The molecule has 0 spiro atoms. The quantitative estimate of drug-likeness (QED) is 0.735. The highest BCUT2D eigenvalue weighted by Gasteiger charge is 2.08. The van der Waals surface area contributed by atoms with Crippen LogP contribution in [-0.4, -0.2) is 27.5 Å². The van der Waals surface area contributed by atoms with Gasteiger partial charge in [-0.2, -0.15) is 0 Å². The molecule has 0 amide bonds. The van der Waals surface area contributed by atoms with Crippen LogP contribution < -0.4 is 4.74 Å². The molecule has 114 valence electrons. The van der Waals surface area contributed by atoms with Gasteiger partial charge in [-0.15, -0.1) is 0 Å². The Balaban J connectivity index is 1.59. The van der Waals surface area contributed by atoms with Gasteiger partial charge in [0.05, 0.1) is 13.2 Å². The van der Waals surface area contributed by atoms with Gasteiger partial charge >= 0.3 is 0 Å². The van der Waals surface area contributed by atoms with Gasteiger partial charge in [0.25, 0.3) is 0 Å². The fourth-order valence-corrected chi connectivity index (χ4v) is 2.46. The van der Waals surface area contributed by atoms with Crippen LogP contribution in [0.25, 0.3) is 10.9 Å². The van der Waals surface area contributed by atoms with Gasteiger partial charge in [-0.1, -0.05) is 30.3 Å². The summed E-state index contributed by atoms with van der Waals surface area (Å²) in [5, 5.41) is 20.3. The molecule has 4 heteroatoms. The minimum Gasteiger partial charge on any atom is -0.491 e. The normalized spacial score (nSPS) is 12.5. The average Bonchev–Trinajstić information content (AvgIpc) is 2.97. The zero-order valence-electron chi connectivity index (χ0n) is 12.2. The van der Waals surface area contributed by atoms with Crippen molar-refractivity contribution < 1.29 is 14.9 Å². The third kappa shape index (κ3) is 3.30. The van der Waals surface area contributed by atoms with Crippen LogP contribution in [0.1, 0.15) is 5.56 Å². The second-order valence-corrected chi connectivity index (χ2v) is 5.29. The maximum absolute atomic E-state index is 10.2. The fourth-order valence-electron chi connectivity index (χ4n) is 2.46. The standard InChI is InChI=1S/C18H19NO3/c20-12-14-5-7-17(8-6-14)22-13-16(21)11-19-10-9-15-3-1-2-4-18(15)19/h1-10,16,20-21H,11-13H2. The molecule has 4 nitrogen and oxygen atoms in total. The second kappa shape index (κ2) is 6.64. The van der Waals surface area contributed by atoms with Crippen LogP contribution in [0.2, 0.25) is 0 Å². The second-order valence-electron chi connectivity index (χ2n) is 5.29. The van der Waals surface area contributed by atoms with Crippen molar-refractivity contribution in [1.82, 2.24) is 4.57 Å². The molecule has 22 heavy (non-hydrogen) atoms. The van der Waals surface area contributed by atoms with E-state index in [1.807, 2.05) is 35.0 Å². The summed E-state index contributed by atoms with van der Waals surface area (Å²) < 4.78 is 7.61. The van der Waals surface area contributed by atoms with Crippen molar-refractivity contribution in [2.45, 2.75) is 19.3 Å². The molecule has 1 unspecified atom stereocenters. The van der Waals surface area contributed by atoms with Crippen molar-refractivity contribution in [2.24, 2.45) is 0 Å². The molecule has 3 aromatic rings. The molecule has 1 heterocycles. The third-order valence-electron chi connectivity index (χ3n) is 3.64. The summed E-state index contributed by atoms with van der Waals surface area (Å²) in [7, 11) is 0. The zero-order valence-corrected chi connectivity index (χ0v) is 12.2. The average molecular weight is 297 g/mol. The third-order valence-corrected chi connectivity index (χ3v) is 3.64. The van der Waals surface area contributed by atoms with E-state index in [9.17, 15) is 5.11 Å². The first-order chi connectivity index (χ1) is 10.8. The Morgan fingerprint density at radius 1 is 1.00 bits per heavy atom. The lowest BCUT2D eigenvalue weighted by molar-refractivity contribution is 0.0935. The Kier molecular flexibility index (Phi) is 4.42. The zero-order chi connectivity index (χ0) is 15.4. The molecule has 0 saturated heterocycles. The summed E-state index contributed by atoms with van der Waals surface area (Å²) in [5.74, 6) is 0.689. The van der Waals surface area contributed by atoms with Crippen LogP contribution in [0.3, 0.4) is 0 Å². The highest BCUT2D eigenvalue weighted by Crippen LogP contribution is 2.16. The number of aliphatic hydroxyl groups excluding tert-OH is 2. The minimum atomic E-state index is -0.590. The predicted molar refractivity (Wildman–Crippen MR) is 85.8 cm³/mol. The van der Waals surface area contributed by atoms with Gasteiger partial charge in [-0.3, -0.25) is 0 Å². The summed E-state index contributed by atoms with van der Waals surface area (Å²) in [6.45, 7) is 0.733. The SMILES string of the molecule is OCc1ccc(OCC(O)Cn2ccc3ccccc32)cc1. The molecule has 0 aliphatic carbocycles. The van der Waals surface area contributed by atoms with Crippen LogP contribution in [0.5, 0.6) is 5.75 Å². The Labute approximate surface area is 129 Å². The van der Waals surface area contributed by atoms with Crippen LogP contribution in [0.15, 0.2) is 60.8 Å².